The molecule has 4 rings (SSSR count). The Bertz CT molecular complexity index is 1390. The first-order chi connectivity index (χ1) is 17.7. The summed E-state index contributed by atoms with van der Waals surface area (Å²) >= 11 is 2.14. The van der Waals surface area contributed by atoms with E-state index in [-0.39, 0.29) is 5.70 Å². The molecule has 2 N–H and O–H groups in total. The van der Waals surface area contributed by atoms with Gasteiger partial charge in [0.25, 0.3) is 5.91 Å². The van der Waals surface area contributed by atoms with E-state index in [0.717, 1.165) is 25.2 Å². The predicted molar refractivity (Wildman–Crippen MR) is 149 cm³/mol. The maximum absolute atomic E-state index is 12.9. The lowest BCUT2D eigenvalue weighted by Gasteiger charge is -2.14. The van der Waals surface area contributed by atoms with Gasteiger partial charge >= 0.3 is 6.03 Å². The van der Waals surface area contributed by atoms with Crippen LogP contribution >= 0.6 is 22.6 Å². The summed E-state index contributed by atoms with van der Waals surface area (Å²) in [6.07, 6.45) is 1.55. The first-order valence-electron chi connectivity index (χ1n) is 11.5. The molecule has 0 bridgehead atoms. The summed E-state index contributed by atoms with van der Waals surface area (Å²) in [7, 11) is 1.54. The molecule has 4 amide bonds. The topological polar surface area (TPSA) is 97.0 Å². The SMILES string of the molecule is COc1cc(/C=C2/NC(=O)N(CC(=O)Nc3ccc(C)cc3)C2=O)cc(I)c1OCc1cccc(C)c1. The van der Waals surface area contributed by atoms with E-state index in [4.69, 9.17) is 9.47 Å². The third kappa shape index (κ3) is 6.48. The van der Waals surface area contributed by atoms with Crippen LogP contribution in [-0.2, 0) is 16.2 Å². The molecule has 1 aliphatic rings. The highest BCUT2D eigenvalue weighted by atomic mass is 127. The molecule has 0 atom stereocenters. The minimum atomic E-state index is -0.657. The maximum atomic E-state index is 12.9. The summed E-state index contributed by atoms with van der Waals surface area (Å²) in [5.41, 5.74) is 4.53. The number of methoxy groups -OCH3 is 1. The molecule has 37 heavy (non-hydrogen) atoms. The molecule has 0 spiro atoms. The van der Waals surface area contributed by atoms with Crippen molar-refractivity contribution in [2.24, 2.45) is 0 Å². The molecular weight excluding hydrogens is 585 g/mol. The smallest absolute Gasteiger partial charge is 0.329 e. The molecule has 190 valence electrons. The molecule has 0 saturated carbocycles. The zero-order valence-corrected chi connectivity index (χ0v) is 22.8. The Morgan fingerprint density at radius 1 is 1.05 bits per heavy atom. The molecule has 0 aliphatic carbocycles. The van der Waals surface area contributed by atoms with Crippen molar-refractivity contribution in [3.05, 3.63) is 92.2 Å². The number of imide groups is 1. The summed E-state index contributed by atoms with van der Waals surface area (Å²) in [6, 6.07) is 18.2. The van der Waals surface area contributed by atoms with Crippen LogP contribution in [0.15, 0.2) is 66.4 Å². The molecule has 0 radical (unpaired) electrons. The number of anilines is 1. The van der Waals surface area contributed by atoms with Crippen LogP contribution in [0.4, 0.5) is 10.5 Å². The molecule has 8 nitrogen and oxygen atoms in total. The van der Waals surface area contributed by atoms with Gasteiger partial charge in [-0.1, -0.05) is 47.5 Å². The molecule has 3 aromatic rings. The number of carbonyl (C=O) groups excluding carboxylic acids is 3. The number of aryl methyl sites for hydroxylation is 2. The number of ether oxygens (including phenoxy) is 2. The van der Waals surface area contributed by atoms with Crippen LogP contribution in [-0.4, -0.2) is 36.4 Å². The third-order valence-electron chi connectivity index (χ3n) is 5.63. The number of halogens is 1. The van der Waals surface area contributed by atoms with Gasteiger partial charge in [0.05, 0.1) is 10.7 Å². The normalized spacial score (nSPS) is 14.1. The van der Waals surface area contributed by atoms with Crippen molar-refractivity contribution in [2.45, 2.75) is 20.5 Å². The van der Waals surface area contributed by atoms with Crippen molar-refractivity contribution in [1.82, 2.24) is 10.2 Å². The van der Waals surface area contributed by atoms with Crippen LogP contribution in [0.2, 0.25) is 0 Å². The molecule has 0 aromatic heterocycles. The Hall–Kier alpha value is -3.86. The zero-order valence-electron chi connectivity index (χ0n) is 20.6. The van der Waals surface area contributed by atoms with Crippen LogP contribution in [0.1, 0.15) is 22.3 Å². The molecule has 1 aliphatic heterocycles. The first kappa shape index (κ1) is 26.2. The first-order valence-corrected chi connectivity index (χ1v) is 12.6. The van der Waals surface area contributed by atoms with E-state index in [1.54, 1.807) is 31.4 Å². The number of benzene rings is 3. The van der Waals surface area contributed by atoms with Crippen molar-refractivity contribution < 1.29 is 23.9 Å². The molecule has 1 fully saturated rings. The van der Waals surface area contributed by atoms with E-state index < -0.39 is 24.4 Å². The predicted octanol–water partition coefficient (Wildman–Crippen LogP) is 5.03. The molecule has 0 unspecified atom stereocenters. The highest BCUT2D eigenvalue weighted by Crippen LogP contribution is 2.35. The van der Waals surface area contributed by atoms with Crippen molar-refractivity contribution in [2.75, 3.05) is 19.0 Å². The second-order valence-corrected chi connectivity index (χ2v) is 9.77. The lowest BCUT2D eigenvalue weighted by Crippen LogP contribution is -2.38. The monoisotopic (exact) mass is 611 g/mol. The number of nitrogens with zero attached hydrogens (tertiary/aromatic N) is 1. The average Bonchev–Trinajstić information content (AvgIpc) is 3.11. The lowest BCUT2D eigenvalue weighted by atomic mass is 10.1. The van der Waals surface area contributed by atoms with Gasteiger partial charge in [-0.15, -0.1) is 0 Å². The number of hydrogen-bond donors (Lipinski definition) is 2. The molecule has 1 heterocycles. The van der Waals surface area contributed by atoms with E-state index in [2.05, 4.69) is 39.3 Å². The lowest BCUT2D eigenvalue weighted by molar-refractivity contribution is -0.127. The minimum absolute atomic E-state index is 0.0689. The van der Waals surface area contributed by atoms with Crippen molar-refractivity contribution in [1.29, 1.82) is 0 Å². The Balaban J connectivity index is 1.46. The molecule has 3 aromatic carbocycles. The van der Waals surface area contributed by atoms with Crippen LogP contribution < -0.4 is 20.1 Å². The fraction of sp³-hybridized carbons (Fsp3) is 0.179. The molecule has 9 heteroatoms. The van der Waals surface area contributed by atoms with Crippen LogP contribution in [0.3, 0.4) is 0 Å². The Morgan fingerprint density at radius 3 is 2.51 bits per heavy atom. The highest BCUT2D eigenvalue weighted by Gasteiger charge is 2.35. The van der Waals surface area contributed by atoms with E-state index in [1.807, 2.05) is 50.2 Å². The van der Waals surface area contributed by atoms with Crippen LogP contribution in [0.5, 0.6) is 11.5 Å². The van der Waals surface area contributed by atoms with Crippen LogP contribution in [0.25, 0.3) is 6.08 Å². The number of carbonyl (C=O) groups is 3. The van der Waals surface area contributed by atoms with Crippen molar-refractivity contribution in [3.63, 3.8) is 0 Å². The summed E-state index contributed by atoms with van der Waals surface area (Å²) in [4.78, 5) is 38.6. The standard InChI is InChI=1S/C28H26IN3O5/c1-17-7-9-21(10-8-17)30-25(33)15-32-27(34)23(31-28(32)35)13-20-12-22(29)26(24(14-20)36-3)37-16-19-6-4-5-18(2)11-19/h4-14H,15-16H2,1-3H3,(H,30,33)(H,31,35)/b23-13+. The fourth-order valence-corrected chi connectivity index (χ4v) is 4.56. The van der Waals surface area contributed by atoms with Gasteiger partial charge in [0.1, 0.15) is 18.8 Å². The summed E-state index contributed by atoms with van der Waals surface area (Å²) in [6.45, 7) is 3.94. The zero-order chi connectivity index (χ0) is 26.5. The van der Waals surface area contributed by atoms with Gasteiger partial charge in [-0.25, -0.2) is 9.69 Å². The number of rotatable bonds is 8. The Kier molecular flexibility index (Phi) is 8.12. The van der Waals surface area contributed by atoms with Crippen LogP contribution in [0, 0.1) is 17.4 Å². The van der Waals surface area contributed by atoms with Gasteiger partial charge in [-0.05, 0) is 77.9 Å². The minimum Gasteiger partial charge on any atom is -0.493 e. The van der Waals surface area contributed by atoms with Gasteiger partial charge in [-0.2, -0.15) is 0 Å². The second kappa shape index (κ2) is 11.5. The van der Waals surface area contributed by atoms with Gasteiger partial charge in [-0.3, -0.25) is 9.59 Å². The Morgan fingerprint density at radius 2 is 1.81 bits per heavy atom. The quantitative estimate of drug-likeness (QED) is 0.212. The van der Waals surface area contributed by atoms with E-state index in [0.29, 0.717) is 29.4 Å². The van der Waals surface area contributed by atoms with Gasteiger partial charge in [0.2, 0.25) is 5.91 Å². The second-order valence-electron chi connectivity index (χ2n) is 8.61. The largest absolute Gasteiger partial charge is 0.493 e. The molecule has 1 saturated heterocycles. The number of hydrogen-bond acceptors (Lipinski definition) is 5. The van der Waals surface area contributed by atoms with Crippen molar-refractivity contribution in [3.8, 4) is 11.5 Å². The number of urea groups is 1. The summed E-state index contributed by atoms with van der Waals surface area (Å²) < 4.78 is 12.4. The van der Waals surface area contributed by atoms with Gasteiger partial charge < -0.3 is 20.1 Å². The highest BCUT2D eigenvalue weighted by molar-refractivity contribution is 14.1. The van der Waals surface area contributed by atoms with E-state index in [9.17, 15) is 14.4 Å². The maximum Gasteiger partial charge on any atom is 0.329 e. The average molecular weight is 611 g/mol. The summed E-state index contributed by atoms with van der Waals surface area (Å²) in [5, 5.41) is 5.24. The van der Waals surface area contributed by atoms with E-state index >= 15 is 0 Å². The van der Waals surface area contributed by atoms with Gasteiger partial charge in [0.15, 0.2) is 11.5 Å². The van der Waals surface area contributed by atoms with Gasteiger partial charge in [0, 0.05) is 5.69 Å². The van der Waals surface area contributed by atoms with Crippen molar-refractivity contribution >= 4 is 52.2 Å². The molecular formula is C28H26IN3O5. The Labute approximate surface area is 228 Å². The number of amides is 4. The van der Waals surface area contributed by atoms with E-state index in [1.165, 1.54) is 0 Å². The third-order valence-corrected chi connectivity index (χ3v) is 6.43. The fourth-order valence-electron chi connectivity index (χ4n) is 3.78. The number of nitrogens with one attached hydrogen (secondary N) is 2. The summed E-state index contributed by atoms with van der Waals surface area (Å²) in [5.74, 6) is 0.0261.